The maximum absolute atomic E-state index is 12.5. The zero-order valence-electron chi connectivity index (χ0n) is 16.0. The van der Waals surface area contributed by atoms with Crippen molar-refractivity contribution in [2.45, 2.75) is 19.6 Å². The third-order valence-electron chi connectivity index (χ3n) is 4.77. The van der Waals surface area contributed by atoms with E-state index in [2.05, 4.69) is 15.3 Å². The number of nitrogens with zero attached hydrogens (tertiary/aromatic N) is 2. The topological polar surface area (TPSA) is 121 Å². The van der Waals surface area contributed by atoms with E-state index in [1.807, 2.05) is 0 Å². The fourth-order valence-electron chi connectivity index (χ4n) is 3.13. The van der Waals surface area contributed by atoms with Crippen LogP contribution in [0.2, 0.25) is 0 Å². The molecule has 3 amide bonds. The van der Waals surface area contributed by atoms with E-state index in [1.54, 1.807) is 55.5 Å². The number of esters is 1. The second-order valence-electron chi connectivity index (χ2n) is 6.85. The third kappa shape index (κ3) is 3.77. The molecule has 4 rings (SSSR count). The summed E-state index contributed by atoms with van der Waals surface area (Å²) in [6.45, 7) is 1.74. The summed E-state index contributed by atoms with van der Waals surface area (Å²) in [7, 11) is 0. The van der Waals surface area contributed by atoms with Crippen LogP contribution in [-0.2, 0) is 16.1 Å². The number of fused-ring (bicyclic) bond motifs is 1. The van der Waals surface area contributed by atoms with Crippen LogP contribution < -0.4 is 10.9 Å². The average molecular weight is 406 g/mol. The molecule has 1 aliphatic heterocycles. The van der Waals surface area contributed by atoms with Gasteiger partial charge < -0.3 is 15.0 Å². The van der Waals surface area contributed by atoms with Gasteiger partial charge >= 0.3 is 12.0 Å². The van der Waals surface area contributed by atoms with Crippen LogP contribution in [0.3, 0.4) is 0 Å². The van der Waals surface area contributed by atoms with Gasteiger partial charge in [0.1, 0.15) is 0 Å². The minimum absolute atomic E-state index is 0.00791. The number of carbonyl (C=O) groups excluding carboxylic acids is 3. The molecule has 9 nitrogen and oxygen atoms in total. The van der Waals surface area contributed by atoms with Gasteiger partial charge in [0.2, 0.25) is 5.91 Å². The van der Waals surface area contributed by atoms with E-state index < -0.39 is 18.1 Å². The number of hydrogen-bond acceptors (Lipinski definition) is 6. The van der Waals surface area contributed by atoms with Crippen LogP contribution in [0.1, 0.15) is 34.8 Å². The Hall–Kier alpha value is -4.01. The molecule has 0 radical (unpaired) electrons. The number of hydrogen-bond donors (Lipinski definition) is 2. The van der Waals surface area contributed by atoms with Crippen molar-refractivity contribution >= 4 is 28.8 Å². The first-order valence-corrected chi connectivity index (χ1v) is 9.29. The van der Waals surface area contributed by atoms with Gasteiger partial charge in [0.15, 0.2) is 11.9 Å². The number of para-hydroxylation sites is 1. The lowest BCUT2D eigenvalue weighted by Crippen LogP contribution is -2.30. The van der Waals surface area contributed by atoms with Crippen molar-refractivity contribution in [2.75, 3.05) is 6.54 Å². The molecular formula is C21H18N4O5. The molecular weight excluding hydrogens is 388 g/mol. The summed E-state index contributed by atoms with van der Waals surface area (Å²) in [4.78, 5) is 56.1. The molecule has 0 bridgehead atoms. The zero-order valence-corrected chi connectivity index (χ0v) is 16.0. The summed E-state index contributed by atoms with van der Waals surface area (Å²) < 4.78 is 5.43. The Kier molecular flexibility index (Phi) is 5.01. The highest BCUT2D eigenvalue weighted by molar-refractivity contribution is 6.01. The highest BCUT2D eigenvalue weighted by atomic mass is 16.5. The lowest BCUT2D eigenvalue weighted by molar-refractivity contribution is -0.125. The average Bonchev–Trinajstić information content (AvgIpc) is 3.06. The molecule has 2 N–H and O–H groups in total. The largest absolute Gasteiger partial charge is 0.451 e. The van der Waals surface area contributed by atoms with E-state index in [0.717, 1.165) is 4.90 Å². The molecule has 2 aromatic carbocycles. The maximum atomic E-state index is 12.5. The van der Waals surface area contributed by atoms with Crippen molar-refractivity contribution < 1.29 is 19.1 Å². The van der Waals surface area contributed by atoms with Gasteiger partial charge in [0.25, 0.3) is 5.56 Å². The number of carbonyl (C=O) groups is 3. The number of ether oxygens (including phenoxy) is 1. The van der Waals surface area contributed by atoms with E-state index in [9.17, 15) is 19.2 Å². The van der Waals surface area contributed by atoms with Gasteiger partial charge in [-0.1, -0.05) is 24.3 Å². The molecule has 9 heteroatoms. The summed E-state index contributed by atoms with van der Waals surface area (Å²) in [5.41, 5.74) is 1.21. The monoisotopic (exact) mass is 406 g/mol. The number of H-pyrrole nitrogens is 1. The van der Waals surface area contributed by atoms with E-state index >= 15 is 0 Å². The van der Waals surface area contributed by atoms with Crippen LogP contribution in [0.4, 0.5) is 4.79 Å². The predicted octanol–water partition coefficient (Wildman–Crippen LogP) is 1.89. The number of imide groups is 1. The quantitative estimate of drug-likeness (QED) is 0.493. The van der Waals surface area contributed by atoms with Gasteiger partial charge in [-0.05, 0) is 36.8 Å². The Balaban J connectivity index is 1.45. The molecule has 0 saturated carbocycles. The minimum atomic E-state index is -0.764. The molecule has 1 atom stereocenters. The summed E-state index contributed by atoms with van der Waals surface area (Å²) in [5.74, 6) is -0.628. The van der Waals surface area contributed by atoms with Crippen molar-refractivity contribution in [2.24, 2.45) is 0 Å². The summed E-state index contributed by atoms with van der Waals surface area (Å²) >= 11 is 0. The second-order valence-corrected chi connectivity index (χ2v) is 6.85. The molecule has 1 aromatic heterocycles. The lowest BCUT2D eigenvalue weighted by Gasteiger charge is -2.14. The SMILES string of the molecule is CC(OC(=O)c1ccc(CN2C(=O)CNC2=O)cc1)c1nc2ccccc2c(=O)[nH]1. The summed E-state index contributed by atoms with van der Waals surface area (Å²) in [6, 6.07) is 12.9. The van der Waals surface area contributed by atoms with Gasteiger partial charge in [-0.15, -0.1) is 0 Å². The molecule has 0 aliphatic carbocycles. The Morgan fingerprint density at radius 2 is 1.87 bits per heavy atom. The van der Waals surface area contributed by atoms with Crippen LogP contribution in [0.5, 0.6) is 0 Å². The van der Waals surface area contributed by atoms with Crippen LogP contribution in [-0.4, -0.2) is 39.3 Å². The fourth-order valence-corrected chi connectivity index (χ4v) is 3.13. The zero-order chi connectivity index (χ0) is 21.3. The number of rotatable bonds is 5. The number of aromatic nitrogens is 2. The molecule has 3 aromatic rings. The third-order valence-corrected chi connectivity index (χ3v) is 4.77. The van der Waals surface area contributed by atoms with Crippen LogP contribution >= 0.6 is 0 Å². The van der Waals surface area contributed by atoms with Crippen LogP contribution in [0.15, 0.2) is 53.3 Å². The standard InChI is InChI=1S/C21H18N4O5/c1-12(18-23-16-5-3-2-4-15(16)19(27)24-18)30-20(28)14-8-6-13(7-9-14)11-25-17(26)10-22-21(25)29/h2-9,12H,10-11H2,1H3,(H,22,29)(H,23,24,27). The van der Waals surface area contributed by atoms with Gasteiger partial charge in [-0.2, -0.15) is 0 Å². The smallest absolute Gasteiger partial charge is 0.338 e. The molecule has 30 heavy (non-hydrogen) atoms. The van der Waals surface area contributed by atoms with Crippen molar-refractivity contribution in [3.63, 3.8) is 0 Å². The minimum Gasteiger partial charge on any atom is -0.451 e. The second kappa shape index (κ2) is 7.78. The van der Waals surface area contributed by atoms with Crippen molar-refractivity contribution in [3.05, 3.63) is 75.8 Å². The Bertz CT molecular complexity index is 1190. The summed E-state index contributed by atoms with van der Waals surface area (Å²) in [6.07, 6.45) is -0.764. The van der Waals surface area contributed by atoms with Gasteiger partial charge in [-0.25, -0.2) is 14.6 Å². The van der Waals surface area contributed by atoms with Crippen molar-refractivity contribution in [1.82, 2.24) is 20.2 Å². The molecule has 1 unspecified atom stereocenters. The Labute approximate surface area is 170 Å². The fraction of sp³-hybridized carbons (Fsp3) is 0.190. The Morgan fingerprint density at radius 3 is 2.57 bits per heavy atom. The van der Waals surface area contributed by atoms with Crippen LogP contribution in [0, 0.1) is 0 Å². The van der Waals surface area contributed by atoms with Gasteiger partial charge in [0, 0.05) is 0 Å². The van der Waals surface area contributed by atoms with Gasteiger partial charge in [-0.3, -0.25) is 14.5 Å². The highest BCUT2D eigenvalue weighted by Gasteiger charge is 2.28. The van der Waals surface area contributed by atoms with E-state index in [1.165, 1.54) is 0 Å². The maximum Gasteiger partial charge on any atom is 0.338 e. The first-order valence-electron chi connectivity index (χ1n) is 9.29. The first-order chi connectivity index (χ1) is 14.4. The van der Waals surface area contributed by atoms with E-state index in [-0.39, 0.29) is 30.4 Å². The molecule has 1 fully saturated rings. The van der Waals surface area contributed by atoms with E-state index in [4.69, 9.17) is 4.74 Å². The molecule has 1 saturated heterocycles. The Morgan fingerprint density at radius 1 is 1.13 bits per heavy atom. The molecule has 152 valence electrons. The predicted molar refractivity (Wildman–Crippen MR) is 107 cm³/mol. The van der Waals surface area contributed by atoms with Crippen LogP contribution in [0.25, 0.3) is 10.9 Å². The van der Waals surface area contributed by atoms with Crippen molar-refractivity contribution in [3.8, 4) is 0 Å². The number of amides is 3. The number of aromatic amines is 1. The number of urea groups is 1. The van der Waals surface area contributed by atoms with Gasteiger partial charge in [0.05, 0.1) is 29.6 Å². The summed E-state index contributed by atoms with van der Waals surface area (Å²) in [5, 5.41) is 2.91. The normalized spacial score (nSPS) is 14.6. The molecule has 0 spiro atoms. The van der Waals surface area contributed by atoms with E-state index in [0.29, 0.717) is 22.0 Å². The molecule has 1 aliphatic rings. The number of benzene rings is 2. The first kappa shape index (κ1) is 19.3. The number of nitrogens with one attached hydrogen (secondary N) is 2. The lowest BCUT2D eigenvalue weighted by atomic mass is 10.1. The molecule has 2 heterocycles. The van der Waals surface area contributed by atoms with Crippen molar-refractivity contribution in [1.29, 1.82) is 0 Å². The highest BCUT2D eigenvalue weighted by Crippen LogP contribution is 2.17.